The van der Waals surface area contributed by atoms with Gasteiger partial charge < -0.3 is 0 Å². The molecule has 0 unspecified atom stereocenters. The highest BCUT2D eigenvalue weighted by Crippen LogP contribution is 2.12. The quantitative estimate of drug-likeness (QED) is 0.853. The van der Waals surface area contributed by atoms with Gasteiger partial charge >= 0.3 is 0 Å². The molecule has 19 heavy (non-hydrogen) atoms. The second kappa shape index (κ2) is 5.95. The lowest BCUT2D eigenvalue weighted by molar-refractivity contribution is 0.483. The highest BCUT2D eigenvalue weighted by atomic mass is 32.2. The second-order valence-corrected chi connectivity index (χ2v) is 5.75. The van der Waals surface area contributed by atoms with Crippen LogP contribution in [-0.2, 0) is 23.0 Å². The molecule has 1 aromatic heterocycles. The first-order valence-electron chi connectivity index (χ1n) is 6.01. The number of nitrogens with zero attached hydrogens (tertiary/aromatic N) is 1. The first kappa shape index (κ1) is 13.7. The minimum atomic E-state index is -4.09. The fourth-order valence-electron chi connectivity index (χ4n) is 1.87. The van der Waals surface area contributed by atoms with Crippen LogP contribution in [0.25, 0.3) is 0 Å². The van der Waals surface area contributed by atoms with Crippen LogP contribution in [0.5, 0.6) is 0 Å². The smallest absolute Gasteiger partial charge is 0.282 e. The van der Waals surface area contributed by atoms with Crippen LogP contribution in [0, 0.1) is 0 Å². The van der Waals surface area contributed by atoms with Gasteiger partial charge in [-0.1, -0.05) is 12.1 Å². The second-order valence-electron chi connectivity index (χ2n) is 4.33. The van der Waals surface area contributed by atoms with Gasteiger partial charge in [-0.05, 0) is 54.7 Å². The lowest BCUT2D eigenvalue weighted by Gasteiger charge is -2.03. The molecule has 5 heteroatoms. The molecule has 100 valence electrons. The van der Waals surface area contributed by atoms with Gasteiger partial charge in [0.1, 0.15) is 0 Å². The first-order valence-corrected chi connectivity index (χ1v) is 7.45. The molecule has 1 aromatic carbocycles. The largest absolute Gasteiger partial charge is 0.294 e. The Hall–Kier alpha value is -1.72. The number of benzene rings is 1. The molecule has 2 aromatic rings. The Balaban J connectivity index is 1.90. The van der Waals surface area contributed by atoms with Crippen molar-refractivity contribution >= 4 is 10.1 Å². The molecule has 2 rings (SSSR count). The Morgan fingerprint density at radius 2 is 1.42 bits per heavy atom. The Kier molecular flexibility index (Phi) is 4.29. The number of hydrogen-bond acceptors (Lipinski definition) is 3. The molecule has 0 aliphatic heterocycles. The summed E-state index contributed by atoms with van der Waals surface area (Å²) in [6.45, 7) is 0. The summed E-state index contributed by atoms with van der Waals surface area (Å²) < 4.78 is 30.7. The third-order valence-electron chi connectivity index (χ3n) is 2.90. The van der Waals surface area contributed by atoms with E-state index in [0.717, 1.165) is 24.8 Å². The molecule has 0 saturated heterocycles. The van der Waals surface area contributed by atoms with E-state index in [4.69, 9.17) is 4.55 Å². The number of hydrogen-bond donors (Lipinski definition) is 1. The van der Waals surface area contributed by atoms with Crippen LogP contribution in [0.1, 0.15) is 17.5 Å². The molecular weight excluding hydrogens is 262 g/mol. The molecule has 0 atom stereocenters. The topological polar surface area (TPSA) is 67.3 Å². The summed E-state index contributed by atoms with van der Waals surface area (Å²) in [4.78, 5) is 3.90. The van der Waals surface area contributed by atoms with Crippen molar-refractivity contribution in [3.05, 3.63) is 59.9 Å². The molecule has 1 heterocycles. The van der Waals surface area contributed by atoms with Gasteiger partial charge in [-0.25, -0.2) is 0 Å². The standard InChI is InChI=1S/C14H15NO3S/c16-19(17,18)14-6-4-12(5-7-14)2-1-3-13-8-10-15-11-9-13/h4-11H,1-3H2,(H,16,17,18). The van der Waals surface area contributed by atoms with Gasteiger partial charge in [0.15, 0.2) is 0 Å². The molecule has 0 spiro atoms. The molecule has 0 saturated carbocycles. The lowest BCUT2D eigenvalue weighted by Crippen LogP contribution is -1.98. The molecule has 0 bridgehead atoms. The van der Waals surface area contributed by atoms with Gasteiger partial charge in [-0.2, -0.15) is 8.42 Å². The van der Waals surface area contributed by atoms with Crippen LogP contribution in [0.15, 0.2) is 53.7 Å². The molecule has 0 radical (unpaired) electrons. The Morgan fingerprint density at radius 3 is 1.95 bits per heavy atom. The number of aromatic nitrogens is 1. The van der Waals surface area contributed by atoms with Crippen molar-refractivity contribution in [2.45, 2.75) is 24.2 Å². The van der Waals surface area contributed by atoms with Gasteiger partial charge in [0.2, 0.25) is 0 Å². The summed E-state index contributed by atoms with van der Waals surface area (Å²) in [6.07, 6.45) is 6.36. The van der Waals surface area contributed by atoms with E-state index in [1.807, 2.05) is 12.1 Å². The van der Waals surface area contributed by atoms with E-state index in [9.17, 15) is 8.42 Å². The van der Waals surface area contributed by atoms with E-state index in [-0.39, 0.29) is 4.90 Å². The predicted octanol–water partition coefficient (Wildman–Crippen LogP) is 2.50. The highest BCUT2D eigenvalue weighted by molar-refractivity contribution is 7.85. The molecular formula is C14H15NO3S. The fourth-order valence-corrected chi connectivity index (χ4v) is 2.35. The maximum atomic E-state index is 10.9. The summed E-state index contributed by atoms with van der Waals surface area (Å²) >= 11 is 0. The minimum Gasteiger partial charge on any atom is -0.282 e. The average Bonchev–Trinajstić information content (AvgIpc) is 2.39. The van der Waals surface area contributed by atoms with Crippen LogP contribution < -0.4 is 0 Å². The average molecular weight is 277 g/mol. The van der Waals surface area contributed by atoms with E-state index in [0.29, 0.717) is 0 Å². The Labute approximate surface area is 112 Å². The minimum absolute atomic E-state index is 0.0645. The van der Waals surface area contributed by atoms with Crippen LogP contribution >= 0.6 is 0 Å². The van der Waals surface area contributed by atoms with Gasteiger partial charge in [-0.15, -0.1) is 0 Å². The van der Waals surface area contributed by atoms with Gasteiger partial charge in [0.05, 0.1) is 4.90 Å². The maximum Gasteiger partial charge on any atom is 0.294 e. The fraction of sp³-hybridized carbons (Fsp3) is 0.214. The third-order valence-corrected chi connectivity index (χ3v) is 3.77. The van der Waals surface area contributed by atoms with E-state index in [1.54, 1.807) is 24.5 Å². The number of pyridine rings is 1. The first-order chi connectivity index (χ1) is 9.05. The van der Waals surface area contributed by atoms with Gasteiger partial charge in [-0.3, -0.25) is 9.54 Å². The zero-order valence-electron chi connectivity index (χ0n) is 10.4. The van der Waals surface area contributed by atoms with E-state index in [2.05, 4.69) is 4.98 Å². The Bertz CT molecular complexity index is 622. The van der Waals surface area contributed by atoms with Crippen LogP contribution in [0.2, 0.25) is 0 Å². The van der Waals surface area contributed by atoms with E-state index in [1.165, 1.54) is 17.7 Å². The summed E-state index contributed by atoms with van der Waals surface area (Å²) in [7, 11) is -4.09. The third kappa shape index (κ3) is 4.15. The zero-order valence-corrected chi connectivity index (χ0v) is 11.2. The van der Waals surface area contributed by atoms with Crippen molar-refractivity contribution in [3.8, 4) is 0 Å². The number of rotatable bonds is 5. The molecule has 0 amide bonds. The maximum absolute atomic E-state index is 10.9. The number of aryl methyl sites for hydroxylation is 2. The van der Waals surface area contributed by atoms with Crippen LogP contribution in [0.4, 0.5) is 0 Å². The van der Waals surface area contributed by atoms with Crippen molar-refractivity contribution in [2.75, 3.05) is 0 Å². The zero-order chi connectivity index (χ0) is 13.7. The molecule has 4 nitrogen and oxygen atoms in total. The van der Waals surface area contributed by atoms with Gasteiger partial charge in [0.25, 0.3) is 10.1 Å². The van der Waals surface area contributed by atoms with Crippen molar-refractivity contribution in [3.63, 3.8) is 0 Å². The SMILES string of the molecule is O=S(=O)(O)c1ccc(CCCc2ccncc2)cc1. The summed E-state index contributed by atoms with van der Waals surface area (Å²) in [5.41, 5.74) is 2.30. The summed E-state index contributed by atoms with van der Waals surface area (Å²) in [6, 6.07) is 10.3. The van der Waals surface area contributed by atoms with Crippen molar-refractivity contribution < 1.29 is 13.0 Å². The molecule has 0 aliphatic rings. The normalized spacial score (nSPS) is 11.4. The molecule has 0 aliphatic carbocycles. The van der Waals surface area contributed by atoms with Crippen molar-refractivity contribution in [2.24, 2.45) is 0 Å². The monoisotopic (exact) mass is 277 g/mol. The highest BCUT2D eigenvalue weighted by Gasteiger charge is 2.08. The van der Waals surface area contributed by atoms with E-state index < -0.39 is 10.1 Å². The lowest BCUT2D eigenvalue weighted by atomic mass is 10.1. The van der Waals surface area contributed by atoms with Crippen molar-refractivity contribution in [1.82, 2.24) is 4.98 Å². The molecule has 1 N–H and O–H groups in total. The summed E-state index contributed by atoms with van der Waals surface area (Å²) in [5, 5.41) is 0. The van der Waals surface area contributed by atoms with Crippen LogP contribution in [-0.4, -0.2) is 18.0 Å². The van der Waals surface area contributed by atoms with Crippen molar-refractivity contribution in [1.29, 1.82) is 0 Å². The predicted molar refractivity (Wildman–Crippen MR) is 72.5 cm³/mol. The van der Waals surface area contributed by atoms with Gasteiger partial charge in [0, 0.05) is 12.4 Å². The Morgan fingerprint density at radius 1 is 0.895 bits per heavy atom. The summed E-state index contributed by atoms with van der Waals surface area (Å²) in [5.74, 6) is 0. The van der Waals surface area contributed by atoms with Crippen LogP contribution in [0.3, 0.4) is 0 Å². The van der Waals surface area contributed by atoms with E-state index >= 15 is 0 Å². The molecule has 0 fully saturated rings.